The molecule has 0 saturated heterocycles. The maximum absolute atomic E-state index is 11.2. The molecule has 0 aromatic heterocycles. The second-order valence-corrected chi connectivity index (χ2v) is 6.28. The van der Waals surface area contributed by atoms with Gasteiger partial charge in [-0.05, 0) is 47.2 Å². The first kappa shape index (κ1) is 16.2. The van der Waals surface area contributed by atoms with Crippen LogP contribution in [0.4, 0.5) is 0 Å². The maximum atomic E-state index is 11.2. The van der Waals surface area contributed by atoms with E-state index in [2.05, 4.69) is 18.2 Å². The molecule has 1 saturated carbocycles. The molecule has 0 radical (unpaired) electrons. The first-order chi connectivity index (χ1) is 9.25. The van der Waals surface area contributed by atoms with Crippen LogP contribution in [-0.4, -0.2) is 38.3 Å². The minimum atomic E-state index is -1.90. The van der Waals surface area contributed by atoms with Crippen LogP contribution in [0.25, 0.3) is 10.8 Å². The average Bonchev–Trinajstić information content (AvgIpc) is 2.47. The van der Waals surface area contributed by atoms with Crippen LogP contribution in [0.15, 0.2) is 41.3 Å². The molecule has 2 aromatic rings. The van der Waals surface area contributed by atoms with E-state index in [-0.39, 0.29) is 29.6 Å². The molecule has 2 aromatic carbocycles. The Kier molecular flexibility index (Phi) is 5.82. The predicted octanol–water partition coefficient (Wildman–Crippen LogP) is 3.82. The van der Waals surface area contributed by atoms with Gasteiger partial charge in [0, 0.05) is 0 Å². The molecule has 3 rings (SSSR count). The fraction of sp³-hybridized carbons (Fsp3) is 0.375. The molecular formula is C16H19NaO2S. The summed E-state index contributed by atoms with van der Waals surface area (Å²) in [5, 5.41) is 2.31. The van der Waals surface area contributed by atoms with Crippen molar-refractivity contribution in [2.45, 2.75) is 42.9 Å². The zero-order valence-electron chi connectivity index (χ0n) is 10.8. The van der Waals surface area contributed by atoms with Crippen molar-refractivity contribution in [2.24, 2.45) is 0 Å². The van der Waals surface area contributed by atoms with Crippen LogP contribution in [-0.2, 0) is 11.1 Å². The van der Waals surface area contributed by atoms with E-state index in [1.165, 1.54) is 37.7 Å². The molecule has 2 nitrogen and oxygen atoms in total. The standard InChI is InChI=1S/C16H18O2S.Na.H/c17-19(18)14-10-9-13-7-4-8-15(16(13)11-14)12-5-2-1-3-6-12;;/h4,7-12H,1-3,5-6H2,(H,17,18);;. The number of fused-ring (bicyclic) bond motifs is 1. The summed E-state index contributed by atoms with van der Waals surface area (Å²) in [7, 11) is 0. The van der Waals surface area contributed by atoms with E-state index in [1.807, 2.05) is 12.1 Å². The third kappa shape index (κ3) is 3.34. The summed E-state index contributed by atoms with van der Waals surface area (Å²) in [5.41, 5.74) is 1.35. The Labute approximate surface area is 144 Å². The van der Waals surface area contributed by atoms with Crippen LogP contribution in [0.3, 0.4) is 0 Å². The van der Waals surface area contributed by atoms with Crippen molar-refractivity contribution in [1.29, 1.82) is 0 Å². The molecule has 102 valence electrons. The van der Waals surface area contributed by atoms with E-state index in [1.54, 1.807) is 6.07 Å². The second-order valence-electron chi connectivity index (χ2n) is 5.31. The summed E-state index contributed by atoms with van der Waals surface area (Å²) < 4.78 is 20.5. The monoisotopic (exact) mass is 298 g/mol. The summed E-state index contributed by atoms with van der Waals surface area (Å²) in [6.45, 7) is 0. The van der Waals surface area contributed by atoms with Crippen molar-refractivity contribution in [3.05, 3.63) is 42.0 Å². The minimum absolute atomic E-state index is 0. The summed E-state index contributed by atoms with van der Waals surface area (Å²) in [4.78, 5) is 0.496. The van der Waals surface area contributed by atoms with Gasteiger partial charge in [-0.1, -0.05) is 43.5 Å². The van der Waals surface area contributed by atoms with Crippen LogP contribution in [0.5, 0.6) is 0 Å². The molecule has 1 aliphatic carbocycles. The molecule has 1 unspecified atom stereocenters. The molecule has 0 heterocycles. The molecular weight excluding hydrogens is 279 g/mol. The second kappa shape index (κ2) is 7.19. The Hall–Kier alpha value is -0.190. The zero-order valence-corrected chi connectivity index (χ0v) is 11.7. The molecule has 0 aliphatic heterocycles. The topological polar surface area (TPSA) is 37.3 Å². The Morgan fingerprint density at radius 3 is 2.50 bits per heavy atom. The summed E-state index contributed by atoms with van der Waals surface area (Å²) in [5.74, 6) is 0.611. The van der Waals surface area contributed by atoms with E-state index in [9.17, 15) is 8.76 Å². The number of rotatable bonds is 2. The normalized spacial score (nSPS) is 17.6. The van der Waals surface area contributed by atoms with Gasteiger partial charge < -0.3 is 4.55 Å². The third-order valence-corrected chi connectivity index (χ3v) is 4.79. The van der Waals surface area contributed by atoms with Gasteiger partial charge in [-0.2, -0.15) is 0 Å². The van der Waals surface area contributed by atoms with Gasteiger partial charge in [-0.25, -0.2) is 4.21 Å². The van der Waals surface area contributed by atoms with Gasteiger partial charge in [-0.15, -0.1) is 0 Å². The Bertz CT molecular complexity index is 621. The summed E-state index contributed by atoms with van der Waals surface area (Å²) in [6.07, 6.45) is 6.42. The van der Waals surface area contributed by atoms with Gasteiger partial charge in [0.15, 0.2) is 11.1 Å². The Balaban J connectivity index is 0.00000147. The molecule has 20 heavy (non-hydrogen) atoms. The average molecular weight is 298 g/mol. The van der Waals surface area contributed by atoms with E-state index < -0.39 is 11.1 Å². The summed E-state index contributed by atoms with van der Waals surface area (Å²) >= 11 is -1.90. The van der Waals surface area contributed by atoms with Crippen LogP contribution < -0.4 is 0 Å². The fourth-order valence-electron chi connectivity index (χ4n) is 3.15. The predicted molar refractivity (Wildman–Crippen MR) is 86.0 cm³/mol. The van der Waals surface area contributed by atoms with Gasteiger partial charge in [0.05, 0.1) is 4.90 Å². The van der Waals surface area contributed by atoms with Gasteiger partial charge in [-0.3, -0.25) is 0 Å². The van der Waals surface area contributed by atoms with Crippen molar-refractivity contribution in [1.82, 2.24) is 0 Å². The van der Waals surface area contributed by atoms with E-state index >= 15 is 0 Å². The van der Waals surface area contributed by atoms with Gasteiger partial charge in [0.2, 0.25) is 0 Å². The fourth-order valence-corrected chi connectivity index (χ4v) is 3.56. The first-order valence-electron chi connectivity index (χ1n) is 6.89. The Morgan fingerprint density at radius 2 is 1.80 bits per heavy atom. The zero-order chi connectivity index (χ0) is 13.2. The van der Waals surface area contributed by atoms with Crippen LogP contribution >= 0.6 is 0 Å². The molecule has 0 amide bonds. The van der Waals surface area contributed by atoms with Crippen molar-refractivity contribution >= 4 is 51.4 Å². The molecule has 0 spiro atoms. The van der Waals surface area contributed by atoms with Crippen molar-refractivity contribution in [3.63, 3.8) is 0 Å². The van der Waals surface area contributed by atoms with Crippen molar-refractivity contribution in [3.8, 4) is 0 Å². The van der Waals surface area contributed by atoms with E-state index in [0.29, 0.717) is 10.8 Å². The van der Waals surface area contributed by atoms with Gasteiger partial charge in [0.1, 0.15) is 0 Å². The van der Waals surface area contributed by atoms with Crippen LogP contribution in [0, 0.1) is 0 Å². The molecule has 1 fully saturated rings. The molecule has 1 atom stereocenters. The molecule has 0 bridgehead atoms. The molecule has 1 N–H and O–H groups in total. The van der Waals surface area contributed by atoms with Crippen molar-refractivity contribution in [2.75, 3.05) is 0 Å². The van der Waals surface area contributed by atoms with Gasteiger partial charge >= 0.3 is 29.6 Å². The molecule has 1 aliphatic rings. The van der Waals surface area contributed by atoms with Crippen molar-refractivity contribution < 1.29 is 8.76 Å². The van der Waals surface area contributed by atoms with Gasteiger partial charge in [0.25, 0.3) is 0 Å². The number of hydrogen-bond acceptors (Lipinski definition) is 1. The summed E-state index contributed by atoms with van der Waals surface area (Å²) in [6, 6.07) is 11.9. The third-order valence-electron chi connectivity index (χ3n) is 4.13. The first-order valence-corrected chi connectivity index (χ1v) is 8.00. The Morgan fingerprint density at radius 1 is 1.05 bits per heavy atom. The number of benzene rings is 2. The van der Waals surface area contributed by atoms with Crippen LogP contribution in [0.2, 0.25) is 0 Å². The number of hydrogen-bond donors (Lipinski definition) is 1. The van der Waals surface area contributed by atoms with E-state index in [4.69, 9.17) is 0 Å². The van der Waals surface area contributed by atoms with Crippen LogP contribution in [0.1, 0.15) is 43.6 Å². The van der Waals surface area contributed by atoms with E-state index in [0.717, 1.165) is 10.8 Å². The SMILES string of the molecule is O=S(O)c1ccc2cccc(C3CCCCC3)c2c1.[NaH]. The quantitative estimate of drug-likeness (QED) is 0.676. The molecule has 4 heteroatoms.